The van der Waals surface area contributed by atoms with Gasteiger partial charge in [-0.25, -0.2) is 0 Å². The lowest BCUT2D eigenvalue weighted by Crippen LogP contribution is -2.05. The van der Waals surface area contributed by atoms with Gasteiger partial charge in [-0.15, -0.1) is 0 Å². The summed E-state index contributed by atoms with van der Waals surface area (Å²) in [6.07, 6.45) is 4.95. The van der Waals surface area contributed by atoms with Crippen LogP contribution in [0.25, 0.3) is 0 Å². The summed E-state index contributed by atoms with van der Waals surface area (Å²) in [4.78, 5) is 4.29. The standard InChI is InChI=1S/C9H15N3O/c1-6(10)9-11-8(12-13-9)7-4-2-3-5-7/h6-7H,2-5,10H2,1H3. The summed E-state index contributed by atoms with van der Waals surface area (Å²) in [5.74, 6) is 1.92. The van der Waals surface area contributed by atoms with Gasteiger partial charge in [0, 0.05) is 5.92 Å². The minimum absolute atomic E-state index is 0.150. The zero-order valence-electron chi connectivity index (χ0n) is 7.86. The molecule has 0 bridgehead atoms. The largest absolute Gasteiger partial charge is 0.338 e. The molecule has 2 rings (SSSR count). The van der Waals surface area contributed by atoms with Crippen LogP contribution < -0.4 is 5.73 Å². The monoisotopic (exact) mass is 181 g/mol. The summed E-state index contributed by atoms with van der Waals surface area (Å²) in [6, 6.07) is -0.150. The first-order chi connectivity index (χ1) is 6.27. The molecular formula is C9H15N3O. The first-order valence-electron chi connectivity index (χ1n) is 4.86. The van der Waals surface area contributed by atoms with Crippen molar-refractivity contribution in [1.82, 2.24) is 10.1 Å². The third-order valence-corrected chi connectivity index (χ3v) is 2.57. The number of aromatic nitrogens is 2. The van der Waals surface area contributed by atoms with Gasteiger partial charge in [0.05, 0.1) is 6.04 Å². The Labute approximate surface area is 77.5 Å². The first-order valence-corrected chi connectivity index (χ1v) is 4.86. The van der Waals surface area contributed by atoms with E-state index in [0.717, 1.165) is 5.82 Å². The van der Waals surface area contributed by atoms with Crippen LogP contribution in [0.2, 0.25) is 0 Å². The quantitative estimate of drug-likeness (QED) is 0.754. The third-order valence-electron chi connectivity index (χ3n) is 2.57. The fourth-order valence-corrected chi connectivity index (χ4v) is 1.78. The van der Waals surface area contributed by atoms with Crippen LogP contribution in [0, 0.1) is 0 Å². The van der Waals surface area contributed by atoms with E-state index in [2.05, 4.69) is 10.1 Å². The second kappa shape index (κ2) is 3.46. The van der Waals surface area contributed by atoms with E-state index in [-0.39, 0.29) is 6.04 Å². The highest BCUT2D eigenvalue weighted by atomic mass is 16.5. The van der Waals surface area contributed by atoms with Crippen molar-refractivity contribution in [2.45, 2.75) is 44.6 Å². The lowest BCUT2D eigenvalue weighted by atomic mass is 10.1. The summed E-state index contributed by atoms with van der Waals surface area (Å²) in [7, 11) is 0. The number of rotatable bonds is 2. The molecule has 0 spiro atoms. The van der Waals surface area contributed by atoms with E-state index in [0.29, 0.717) is 11.8 Å². The second-order valence-electron chi connectivity index (χ2n) is 3.76. The molecule has 0 radical (unpaired) electrons. The second-order valence-corrected chi connectivity index (χ2v) is 3.76. The molecule has 0 amide bonds. The Morgan fingerprint density at radius 2 is 2.15 bits per heavy atom. The molecule has 0 aliphatic heterocycles. The van der Waals surface area contributed by atoms with Gasteiger partial charge in [0.25, 0.3) is 0 Å². The van der Waals surface area contributed by atoms with Gasteiger partial charge < -0.3 is 10.3 Å². The number of nitrogens with zero attached hydrogens (tertiary/aromatic N) is 2. The summed E-state index contributed by atoms with van der Waals surface area (Å²) >= 11 is 0. The Morgan fingerprint density at radius 1 is 1.46 bits per heavy atom. The molecule has 1 aliphatic rings. The third kappa shape index (κ3) is 1.72. The van der Waals surface area contributed by atoms with Gasteiger partial charge in [0.2, 0.25) is 5.89 Å². The molecule has 1 aromatic rings. The molecule has 1 saturated carbocycles. The lowest BCUT2D eigenvalue weighted by molar-refractivity contribution is 0.354. The maximum atomic E-state index is 5.63. The minimum Gasteiger partial charge on any atom is -0.338 e. The molecule has 0 saturated heterocycles. The highest BCUT2D eigenvalue weighted by Crippen LogP contribution is 2.32. The van der Waals surface area contributed by atoms with Crippen molar-refractivity contribution in [3.05, 3.63) is 11.7 Å². The van der Waals surface area contributed by atoms with Crippen molar-refractivity contribution in [2.24, 2.45) is 5.73 Å². The predicted molar refractivity (Wildman–Crippen MR) is 48.1 cm³/mol. The van der Waals surface area contributed by atoms with E-state index < -0.39 is 0 Å². The van der Waals surface area contributed by atoms with Crippen LogP contribution in [-0.2, 0) is 0 Å². The summed E-state index contributed by atoms with van der Waals surface area (Å²) in [5.41, 5.74) is 5.63. The number of nitrogens with two attached hydrogens (primary N) is 1. The average Bonchev–Trinajstić information content (AvgIpc) is 2.75. The SMILES string of the molecule is CC(N)c1nc(C2CCCC2)no1. The average molecular weight is 181 g/mol. The van der Waals surface area contributed by atoms with E-state index in [1.54, 1.807) is 0 Å². The Hall–Kier alpha value is -0.900. The fourth-order valence-electron chi connectivity index (χ4n) is 1.78. The molecule has 4 heteroatoms. The molecule has 4 nitrogen and oxygen atoms in total. The van der Waals surface area contributed by atoms with Gasteiger partial charge in [-0.2, -0.15) is 4.98 Å². The van der Waals surface area contributed by atoms with Crippen LogP contribution in [0.4, 0.5) is 0 Å². The van der Waals surface area contributed by atoms with Crippen LogP contribution >= 0.6 is 0 Å². The summed E-state index contributed by atoms with van der Waals surface area (Å²) in [5, 5.41) is 3.95. The van der Waals surface area contributed by atoms with Crippen molar-refractivity contribution in [3.63, 3.8) is 0 Å². The Balaban J connectivity index is 2.12. The molecule has 2 N–H and O–H groups in total. The molecule has 1 heterocycles. The Morgan fingerprint density at radius 3 is 2.69 bits per heavy atom. The highest BCUT2D eigenvalue weighted by molar-refractivity contribution is 4.99. The maximum absolute atomic E-state index is 5.63. The topological polar surface area (TPSA) is 64.9 Å². The van der Waals surface area contributed by atoms with E-state index >= 15 is 0 Å². The molecule has 0 aromatic carbocycles. The molecular weight excluding hydrogens is 166 g/mol. The minimum atomic E-state index is -0.150. The van der Waals surface area contributed by atoms with Crippen molar-refractivity contribution in [3.8, 4) is 0 Å². The molecule has 1 atom stereocenters. The molecule has 1 aromatic heterocycles. The number of hydrogen-bond acceptors (Lipinski definition) is 4. The molecule has 13 heavy (non-hydrogen) atoms. The first kappa shape index (κ1) is 8.69. The van der Waals surface area contributed by atoms with Crippen LogP contribution in [0.1, 0.15) is 56.3 Å². The zero-order valence-corrected chi connectivity index (χ0v) is 7.86. The van der Waals surface area contributed by atoms with E-state index in [4.69, 9.17) is 10.3 Å². The van der Waals surface area contributed by atoms with Crippen molar-refractivity contribution < 1.29 is 4.52 Å². The van der Waals surface area contributed by atoms with Crippen LogP contribution in [-0.4, -0.2) is 10.1 Å². The molecule has 1 fully saturated rings. The van der Waals surface area contributed by atoms with Crippen molar-refractivity contribution in [1.29, 1.82) is 0 Å². The van der Waals surface area contributed by atoms with Gasteiger partial charge in [-0.05, 0) is 19.8 Å². The van der Waals surface area contributed by atoms with E-state index in [1.807, 2.05) is 6.92 Å². The smallest absolute Gasteiger partial charge is 0.243 e. The maximum Gasteiger partial charge on any atom is 0.243 e. The fraction of sp³-hybridized carbons (Fsp3) is 0.778. The van der Waals surface area contributed by atoms with E-state index in [9.17, 15) is 0 Å². The van der Waals surface area contributed by atoms with Gasteiger partial charge >= 0.3 is 0 Å². The lowest BCUT2D eigenvalue weighted by Gasteiger charge is -1.99. The Kier molecular flexibility index (Phi) is 2.31. The van der Waals surface area contributed by atoms with Gasteiger partial charge in [-0.1, -0.05) is 18.0 Å². The van der Waals surface area contributed by atoms with E-state index in [1.165, 1.54) is 25.7 Å². The van der Waals surface area contributed by atoms with Crippen LogP contribution in [0.3, 0.4) is 0 Å². The molecule has 1 aliphatic carbocycles. The Bertz CT molecular complexity index is 276. The van der Waals surface area contributed by atoms with Crippen LogP contribution in [0.5, 0.6) is 0 Å². The molecule has 1 unspecified atom stereocenters. The van der Waals surface area contributed by atoms with Gasteiger partial charge in [-0.3, -0.25) is 0 Å². The normalized spacial score (nSPS) is 20.8. The van der Waals surface area contributed by atoms with Crippen LogP contribution in [0.15, 0.2) is 4.52 Å². The van der Waals surface area contributed by atoms with Crippen molar-refractivity contribution >= 4 is 0 Å². The zero-order chi connectivity index (χ0) is 9.26. The highest BCUT2D eigenvalue weighted by Gasteiger charge is 2.22. The predicted octanol–water partition coefficient (Wildman–Crippen LogP) is 1.75. The summed E-state index contributed by atoms with van der Waals surface area (Å²) < 4.78 is 5.05. The van der Waals surface area contributed by atoms with Crippen molar-refractivity contribution in [2.75, 3.05) is 0 Å². The number of hydrogen-bond donors (Lipinski definition) is 1. The van der Waals surface area contributed by atoms with Gasteiger partial charge in [0.1, 0.15) is 0 Å². The summed E-state index contributed by atoms with van der Waals surface area (Å²) in [6.45, 7) is 1.85. The van der Waals surface area contributed by atoms with Gasteiger partial charge in [0.15, 0.2) is 5.82 Å². The molecule has 72 valence electrons.